The summed E-state index contributed by atoms with van der Waals surface area (Å²) in [5.74, 6) is 0.180. The van der Waals surface area contributed by atoms with Crippen LogP contribution in [-0.2, 0) is 11.2 Å². The van der Waals surface area contributed by atoms with Crippen LogP contribution >= 0.6 is 0 Å². The van der Waals surface area contributed by atoms with Gasteiger partial charge in [0.15, 0.2) is 0 Å². The molecule has 0 saturated carbocycles. The Morgan fingerprint density at radius 2 is 1.85 bits per heavy atom. The monoisotopic (exact) mass is 368 g/mol. The van der Waals surface area contributed by atoms with E-state index in [1.165, 1.54) is 17.7 Å². The van der Waals surface area contributed by atoms with E-state index in [0.29, 0.717) is 18.9 Å². The number of halogens is 1. The zero-order valence-electron chi connectivity index (χ0n) is 15.2. The number of rotatable bonds is 5. The molecule has 0 radical (unpaired) electrons. The molecule has 2 aromatic rings. The van der Waals surface area contributed by atoms with Crippen LogP contribution in [0.1, 0.15) is 17.2 Å². The number of hydrogen-bond donors (Lipinski definition) is 3. The molecule has 5 nitrogen and oxygen atoms in total. The molecule has 2 aliphatic heterocycles. The molecule has 2 saturated heterocycles. The third-order valence-corrected chi connectivity index (χ3v) is 5.50. The summed E-state index contributed by atoms with van der Waals surface area (Å²) in [4.78, 5) is 14.8. The fourth-order valence-corrected chi connectivity index (χ4v) is 4.07. The zero-order chi connectivity index (χ0) is 18.6. The molecule has 2 heterocycles. The Bertz CT molecular complexity index is 768. The molecule has 3 atom stereocenters. The van der Waals surface area contributed by atoms with Gasteiger partial charge in [0.05, 0.1) is 12.1 Å². The lowest BCUT2D eigenvalue weighted by Crippen LogP contribution is -2.57. The van der Waals surface area contributed by atoms with Gasteiger partial charge in [-0.3, -0.25) is 15.1 Å². The molecule has 3 unspecified atom stereocenters. The maximum absolute atomic E-state index is 13.3. The van der Waals surface area contributed by atoms with Crippen LogP contribution in [0.4, 0.5) is 4.39 Å². The van der Waals surface area contributed by atoms with Gasteiger partial charge >= 0.3 is 0 Å². The summed E-state index contributed by atoms with van der Waals surface area (Å²) in [5.41, 5.74) is 8.77. The zero-order valence-corrected chi connectivity index (χ0v) is 15.2. The lowest BCUT2D eigenvalue weighted by molar-refractivity contribution is -0.129. The summed E-state index contributed by atoms with van der Waals surface area (Å²) in [6, 6.07) is 16.8. The first-order valence-corrected chi connectivity index (χ1v) is 9.50. The maximum atomic E-state index is 13.3. The first-order chi connectivity index (χ1) is 13.2. The van der Waals surface area contributed by atoms with Crippen molar-refractivity contribution in [2.45, 2.75) is 18.5 Å². The number of carbonyl (C=O) groups excluding carboxylic acids is 1. The number of hydrazine groups is 1. The molecule has 0 spiro atoms. The van der Waals surface area contributed by atoms with Gasteiger partial charge < -0.3 is 5.32 Å². The number of nitrogens with zero attached hydrogens (tertiary/aromatic N) is 1. The van der Waals surface area contributed by atoms with Gasteiger partial charge in [0.2, 0.25) is 5.91 Å². The molecular weight excluding hydrogens is 343 g/mol. The maximum Gasteiger partial charge on any atom is 0.237 e. The van der Waals surface area contributed by atoms with Crippen molar-refractivity contribution in [2.75, 3.05) is 26.2 Å². The molecule has 3 N–H and O–H groups in total. The quantitative estimate of drug-likeness (QED) is 0.751. The Morgan fingerprint density at radius 3 is 2.63 bits per heavy atom. The van der Waals surface area contributed by atoms with E-state index in [9.17, 15) is 9.18 Å². The van der Waals surface area contributed by atoms with Crippen molar-refractivity contribution in [1.29, 1.82) is 0 Å². The lowest BCUT2D eigenvalue weighted by Gasteiger charge is -2.37. The molecule has 2 aliphatic rings. The Labute approximate surface area is 158 Å². The van der Waals surface area contributed by atoms with Gasteiger partial charge in [0, 0.05) is 32.1 Å². The fraction of sp³-hybridized carbons (Fsp3) is 0.381. The van der Waals surface area contributed by atoms with Crippen molar-refractivity contribution in [1.82, 2.24) is 21.1 Å². The molecule has 0 bridgehead atoms. The van der Waals surface area contributed by atoms with Gasteiger partial charge in [0.25, 0.3) is 0 Å². The Hall–Kier alpha value is -2.28. The summed E-state index contributed by atoms with van der Waals surface area (Å²) in [5, 5.41) is 3.00. The summed E-state index contributed by atoms with van der Waals surface area (Å²) in [7, 11) is 0. The van der Waals surface area contributed by atoms with Crippen LogP contribution < -0.4 is 16.2 Å². The average molecular weight is 368 g/mol. The molecular formula is C21H25FN4O. The Balaban J connectivity index is 1.48. The molecule has 0 aromatic heterocycles. The minimum absolute atomic E-state index is 0.0994. The van der Waals surface area contributed by atoms with Gasteiger partial charge in [-0.15, -0.1) is 0 Å². The smallest absolute Gasteiger partial charge is 0.237 e. The van der Waals surface area contributed by atoms with Crippen molar-refractivity contribution < 1.29 is 9.18 Å². The van der Waals surface area contributed by atoms with E-state index in [2.05, 4.69) is 33.2 Å². The van der Waals surface area contributed by atoms with Crippen molar-refractivity contribution in [3.63, 3.8) is 0 Å². The summed E-state index contributed by atoms with van der Waals surface area (Å²) in [6.07, 6.45) is 0.710. The third-order valence-electron chi connectivity index (χ3n) is 5.50. The van der Waals surface area contributed by atoms with E-state index < -0.39 is 0 Å². The molecule has 6 heteroatoms. The standard InChI is InChI=1S/C21H25FN4O/c22-18-8-6-16(7-9-18)20-17(13-24-25-20)14-26-11-10-23-21(27)19(26)12-15-4-2-1-3-5-15/h1-9,17,19-20,24-25H,10-14H2,(H,23,27). The van der Waals surface area contributed by atoms with E-state index in [1.54, 1.807) is 0 Å². The van der Waals surface area contributed by atoms with Crippen molar-refractivity contribution in [3.8, 4) is 0 Å². The predicted molar refractivity (Wildman–Crippen MR) is 102 cm³/mol. The summed E-state index contributed by atoms with van der Waals surface area (Å²) >= 11 is 0. The average Bonchev–Trinajstić information content (AvgIpc) is 3.14. The molecule has 1 amide bonds. The van der Waals surface area contributed by atoms with Gasteiger partial charge in [-0.2, -0.15) is 0 Å². The predicted octanol–water partition coefficient (Wildman–Crippen LogP) is 1.63. The van der Waals surface area contributed by atoms with Gasteiger partial charge in [-0.05, 0) is 29.7 Å². The normalized spacial score (nSPS) is 26.1. The SMILES string of the molecule is O=C1NCCN(CC2CNNC2c2ccc(F)cc2)C1Cc1ccccc1. The fourth-order valence-electron chi connectivity index (χ4n) is 4.07. The lowest BCUT2D eigenvalue weighted by atomic mass is 9.93. The molecule has 4 rings (SSSR count). The first kappa shape index (κ1) is 18.1. The van der Waals surface area contributed by atoms with Crippen LogP contribution in [0.25, 0.3) is 0 Å². The van der Waals surface area contributed by atoms with E-state index in [1.807, 2.05) is 30.3 Å². The van der Waals surface area contributed by atoms with Crippen molar-refractivity contribution >= 4 is 5.91 Å². The highest BCUT2D eigenvalue weighted by Crippen LogP contribution is 2.27. The van der Waals surface area contributed by atoms with Gasteiger partial charge in [0.1, 0.15) is 5.82 Å². The van der Waals surface area contributed by atoms with Crippen LogP contribution in [0.15, 0.2) is 54.6 Å². The second-order valence-corrected chi connectivity index (χ2v) is 7.31. The van der Waals surface area contributed by atoms with Crippen LogP contribution in [0, 0.1) is 11.7 Å². The Kier molecular flexibility index (Phi) is 5.48. The highest BCUT2D eigenvalue weighted by Gasteiger charge is 2.35. The third kappa shape index (κ3) is 4.18. The van der Waals surface area contributed by atoms with E-state index in [0.717, 1.165) is 25.2 Å². The van der Waals surface area contributed by atoms with E-state index >= 15 is 0 Å². The van der Waals surface area contributed by atoms with Crippen LogP contribution in [0.2, 0.25) is 0 Å². The number of benzene rings is 2. The highest BCUT2D eigenvalue weighted by molar-refractivity contribution is 5.82. The molecule has 142 valence electrons. The van der Waals surface area contributed by atoms with Crippen molar-refractivity contribution in [3.05, 3.63) is 71.5 Å². The second-order valence-electron chi connectivity index (χ2n) is 7.31. The second kappa shape index (κ2) is 8.17. The minimum Gasteiger partial charge on any atom is -0.353 e. The van der Waals surface area contributed by atoms with Crippen LogP contribution in [0.5, 0.6) is 0 Å². The summed E-state index contributed by atoms with van der Waals surface area (Å²) < 4.78 is 13.3. The van der Waals surface area contributed by atoms with E-state index in [4.69, 9.17) is 0 Å². The minimum atomic E-state index is -0.225. The largest absolute Gasteiger partial charge is 0.353 e. The van der Waals surface area contributed by atoms with Gasteiger partial charge in [-0.25, -0.2) is 9.82 Å². The Morgan fingerprint density at radius 1 is 1.07 bits per heavy atom. The molecule has 2 fully saturated rings. The van der Waals surface area contributed by atoms with Crippen LogP contribution in [0.3, 0.4) is 0 Å². The van der Waals surface area contributed by atoms with E-state index in [-0.39, 0.29) is 23.8 Å². The summed E-state index contributed by atoms with van der Waals surface area (Å²) in [6.45, 7) is 3.15. The number of nitrogens with one attached hydrogen (secondary N) is 3. The van der Waals surface area contributed by atoms with Gasteiger partial charge in [-0.1, -0.05) is 42.5 Å². The number of piperazine rings is 1. The van der Waals surface area contributed by atoms with Crippen molar-refractivity contribution in [2.24, 2.45) is 5.92 Å². The molecule has 27 heavy (non-hydrogen) atoms. The number of hydrogen-bond acceptors (Lipinski definition) is 4. The highest BCUT2D eigenvalue weighted by atomic mass is 19.1. The number of carbonyl (C=O) groups is 1. The molecule has 0 aliphatic carbocycles. The first-order valence-electron chi connectivity index (χ1n) is 9.50. The topological polar surface area (TPSA) is 56.4 Å². The van der Waals surface area contributed by atoms with Crippen LogP contribution in [-0.4, -0.2) is 43.0 Å². The molecule has 2 aromatic carbocycles. The number of amides is 1.